The molecule has 0 bridgehead atoms. The zero-order chi connectivity index (χ0) is 14.4. The summed E-state index contributed by atoms with van der Waals surface area (Å²) >= 11 is 0. The van der Waals surface area contributed by atoms with Gasteiger partial charge in [0.05, 0.1) is 0 Å². The van der Waals surface area contributed by atoms with Gasteiger partial charge >= 0.3 is 0 Å². The van der Waals surface area contributed by atoms with Gasteiger partial charge in [0.15, 0.2) is 0 Å². The Bertz CT molecular complexity index is 415. The molecule has 3 heteroatoms. The zero-order valence-electron chi connectivity index (χ0n) is 12.8. The molecule has 1 aliphatic rings. The molecular weight excluding hydrogens is 251 g/mol. The van der Waals surface area contributed by atoms with Crippen LogP contribution in [0.4, 0.5) is 10.1 Å². The van der Waals surface area contributed by atoms with Crippen molar-refractivity contribution < 1.29 is 4.39 Å². The van der Waals surface area contributed by atoms with E-state index in [4.69, 9.17) is 0 Å². The Morgan fingerprint density at radius 1 is 1.25 bits per heavy atom. The predicted molar refractivity (Wildman–Crippen MR) is 83.6 cm³/mol. The van der Waals surface area contributed by atoms with Gasteiger partial charge in [-0.15, -0.1) is 0 Å². The molecule has 1 aromatic rings. The minimum absolute atomic E-state index is 0.122. The van der Waals surface area contributed by atoms with Gasteiger partial charge in [-0.1, -0.05) is 13.3 Å². The standard InChI is InChI=1S/C17H27FN2/c1-3-8-19-12-15-9-16(18)11-17(10-15)20(4-2)13-14-6-5-7-14/h9-11,14,19H,3-8,12-13H2,1-2H3. The van der Waals surface area contributed by atoms with Crippen LogP contribution in [0, 0.1) is 11.7 Å². The lowest BCUT2D eigenvalue weighted by atomic mass is 9.85. The zero-order valence-corrected chi connectivity index (χ0v) is 12.8. The van der Waals surface area contributed by atoms with E-state index in [1.54, 1.807) is 12.1 Å². The highest BCUT2D eigenvalue weighted by Gasteiger charge is 2.20. The van der Waals surface area contributed by atoms with Gasteiger partial charge in [0.1, 0.15) is 5.82 Å². The fourth-order valence-corrected chi connectivity index (χ4v) is 2.73. The molecule has 1 aliphatic carbocycles. The molecular formula is C17H27FN2. The minimum atomic E-state index is -0.122. The maximum atomic E-state index is 13.8. The highest BCUT2D eigenvalue weighted by atomic mass is 19.1. The summed E-state index contributed by atoms with van der Waals surface area (Å²) in [7, 11) is 0. The molecule has 20 heavy (non-hydrogen) atoms. The number of nitrogens with zero attached hydrogens (tertiary/aromatic N) is 1. The van der Waals surface area contributed by atoms with Crippen LogP contribution in [0.15, 0.2) is 18.2 Å². The van der Waals surface area contributed by atoms with Crippen LogP contribution < -0.4 is 10.2 Å². The van der Waals surface area contributed by atoms with E-state index in [0.29, 0.717) is 0 Å². The Hall–Kier alpha value is -1.09. The lowest BCUT2D eigenvalue weighted by Gasteiger charge is -2.33. The fourth-order valence-electron chi connectivity index (χ4n) is 2.73. The summed E-state index contributed by atoms with van der Waals surface area (Å²) in [6, 6.07) is 5.45. The van der Waals surface area contributed by atoms with Gasteiger partial charge < -0.3 is 10.2 Å². The van der Waals surface area contributed by atoms with Crippen LogP contribution in [0.25, 0.3) is 0 Å². The normalized spacial score (nSPS) is 15.2. The van der Waals surface area contributed by atoms with Crippen molar-refractivity contribution in [2.75, 3.05) is 24.5 Å². The van der Waals surface area contributed by atoms with Gasteiger partial charge in [-0.25, -0.2) is 4.39 Å². The van der Waals surface area contributed by atoms with Crippen molar-refractivity contribution in [3.8, 4) is 0 Å². The van der Waals surface area contributed by atoms with Crippen molar-refractivity contribution >= 4 is 5.69 Å². The Morgan fingerprint density at radius 3 is 2.65 bits per heavy atom. The number of rotatable bonds is 8. The summed E-state index contributed by atoms with van der Waals surface area (Å²) in [5, 5.41) is 3.34. The van der Waals surface area contributed by atoms with Crippen molar-refractivity contribution in [2.45, 2.75) is 46.1 Å². The van der Waals surface area contributed by atoms with Gasteiger partial charge in [0, 0.05) is 25.3 Å². The van der Waals surface area contributed by atoms with Crippen LogP contribution in [0.2, 0.25) is 0 Å². The first kappa shape index (κ1) is 15.3. The summed E-state index contributed by atoms with van der Waals surface area (Å²) in [5.41, 5.74) is 2.08. The lowest BCUT2D eigenvalue weighted by Crippen LogP contribution is -2.32. The molecule has 0 spiro atoms. The number of hydrogen-bond acceptors (Lipinski definition) is 2. The Labute approximate surface area is 122 Å². The predicted octanol–water partition coefficient (Wildman–Crippen LogP) is 3.95. The first-order chi connectivity index (χ1) is 9.72. The fraction of sp³-hybridized carbons (Fsp3) is 0.647. The van der Waals surface area contributed by atoms with Crippen LogP contribution >= 0.6 is 0 Å². The number of benzene rings is 1. The monoisotopic (exact) mass is 278 g/mol. The van der Waals surface area contributed by atoms with E-state index in [1.165, 1.54) is 19.3 Å². The van der Waals surface area contributed by atoms with E-state index < -0.39 is 0 Å². The summed E-state index contributed by atoms with van der Waals surface area (Å²) in [5.74, 6) is 0.683. The molecule has 1 aromatic carbocycles. The maximum absolute atomic E-state index is 13.8. The quantitative estimate of drug-likeness (QED) is 0.724. The molecule has 0 radical (unpaired) electrons. The largest absolute Gasteiger partial charge is 0.371 e. The Balaban J connectivity index is 2.03. The molecule has 1 N–H and O–H groups in total. The average molecular weight is 278 g/mol. The maximum Gasteiger partial charge on any atom is 0.125 e. The molecule has 0 unspecified atom stereocenters. The van der Waals surface area contributed by atoms with Gasteiger partial charge in [-0.2, -0.15) is 0 Å². The number of nitrogens with one attached hydrogen (secondary N) is 1. The highest BCUT2D eigenvalue weighted by molar-refractivity contribution is 5.49. The molecule has 0 amide bonds. The molecule has 0 saturated heterocycles. The second-order valence-corrected chi connectivity index (χ2v) is 5.83. The topological polar surface area (TPSA) is 15.3 Å². The summed E-state index contributed by atoms with van der Waals surface area (Å²) in [4.78, 5) is 2.32. The van der Waals surface area contributed by atoms with Crippen molar-refractivity contribution in [3.63, 3.8) is 0 Å². The van der Waals surface area contributed by atoms with Gasteiger partial charge in [0.2, 0.25) is 0 Å². The molecule has 112 valence electrons. The van der Waals surface area contributed by atoms with Crippen LogP contribution in [0.3, 0.4) is 0 Å². The second-order valence-electron chi connectivity index (χ2n) is 5.83. The van der Waals surface area contributed by atoms with Gasteiger partial charge in [0.25, 0.3) is 0 Å². The molecule has 2 rings (SSSR count). The highest BCUT2D eigenvalue weighted by Crippen LogP contribution is 2.29. The van der Waals surface area contributed by atoms with Crippen molar-refractivity contribution in [1.29, 1.82) is 0 Å². The molecule has 0 aliphatic heterocycles. The van der Waals surface area contributed by atoms with E-state index in [9.17, 15) is 4.39 Å². The Kier molecular flexibility index (Phi) is 5.84. The third-order valence-electron chi connectivity index (χ3n) is 4.15. The van der Waals surface area contributed by atoms with Gasteiger partial charge in [-0.05, 0) is 62.4 Å². The number of anilines is 1. The van der Waals surface area contributed by atoms with Crippen LogP contribution in [-0.4, -0.2) is 19.6 Å². The number of halogens is 1. The molecule has 0 heterocycles. The summed E-state index contributed by atoms with van der Waals surface area (Å²) < 4.78 is 13.8. The van der Waals surface area contributed by atoms with Crippen molar-refractivity contribution in [2.24, 2.45) is 5.92 Å². The summed E-state index contributed by atoms with van der Waals surface area (Å²) in [6.45, 7) is 8.04. The molecule has 0 aromatic heterocycles. The van der Waals surface area contributed by atoms with Gasteiger partial charge in [-0.3, -0.25) is 0 Å². The molecule has 2 nitrogen and oxygen atoms in total. The number of hydrogen-bond donors (Lipinski definition) is 1. The third kappa shape index (κ3) is 4.20. The van der Waals surface area contributed by atoms with E-state index in [0.717, 1.165) is 49.8 Å². The van der Waals surface area contributed by atoms with Crippen LogP contribution in [-0.2, 0) is 6.54 Å². The lowest BCUT2D eigenvalue weighted by molar-refractivity contribution is 0.318. The van der Waals surface area contributed by atoms with Crippen LogP contribution in [0.1, 0.15) is 45.1 Å². The summed E-state index contributed by atoms with van der Waals surface area (Å²) in [6.07, 6.45) is 5.12. The first-order valence-corrected chi connectivity index (χ1v) is 7.98. The first-order valence-electron chi connectivity index (χ1n) is 7.98. The van der Waals surface area contributed by atoms with E-state index in [1.807, 2.05) is 0 Å². The smallest absolute Gasteiger partial charge is 0.125 e. The van der Waals surface area contributed by atoms with E-state index >= 15 is 0 Å². The second kappa shape index (κ2) is 7.63. The Morgan fingerprint density at radius 2 is 2.05 bits per heavy atom. The SMILES string of the molecule is CCCNCc1cc(F)cc(N(CC)CC2CCC2)c1. The van der Waals surface area contributed by atoms with E-state index in [2.05, 4.69) is 30.1 Å². The van der Waals surface area contributed by atoms with Crippen molar-refractivity contribution in [3.05, 3.63) is 29.6 Å². The molecule has 1 fully saturated rings. The third-order valence-corrected chi connectivity index (χ3v) is 4.15. The minimum Gasteiger partial charge on any atom is -0.371 e. The van der Waals surface area contributed by atoms with E-state index in [-0.39, 0.29) is 5.82 Å². The molecule has 1 saturated carbocycles. The van der Waals surface area contributed by atoms with Crippen molar-refractivity contribution in [1.82, 2.24) is 5.32 Å². The average Bonchev–Trinajstić information content (AvgIpc) is 2.37. The molecule has 0 atom stereocenters. The van der Waals surface area contributed by atoms with Crippen LogP contribution in [0.5, 0.6) is 0 Å².